The van der Waals surface area contributed by atoms with Crippen molar-refractivity contribution in [2.24, 2.45) is 46.3 Å². The molecule has 0 aromatic heterocycles. The molecule has 4 saturated carbocycles. The fourth-order valence-electron chi connectivity index (χ4n) is 18.7. The Hall–Kier alpha value is -1.36. The van der Waals surface area contributed by atoms with Crippen LogP contribution in [0.4, 0.5) is 0 Å². The Morgan fingerprint density at radius 1 is 0.402 bits per heavy atom. The zero-order valence-corrected chi connectivity index (χ0v) is 54.8. The molecule has 4 aliphatic carbocycles. The third-order valence-electron chi connectivity index (χ3n) is 24.3. The lowest BCUT2D eigenvalue weighted by molar-refractivity contribution is -0.406. The Bertz CT molecular complexity index is 2490. The third kappa shape index (κ3) is 14.4. The summed E-state index contributed by atoms with van der Waals surface area (Å²) < 4.78 is 84.7. The molecule has 97 heavy (non-hydrogen) atoms. The van der Waals surface area contributed by atoms with E-state index in [9.17, 15) is 102 Å². The number of hydrogen-bond donors (Lipinski definition) is 20. The Morgan fingerprint density at radius 2 is 0.856 bits per heavy atom. The quantitative estimate of drug-likeness (QED) is 0.0334. The van der Waals surface area contributed by atoms with Gasteiger partial charge in [0.2, 0.25) is 0 Å². The van der Waals surface area contributed by atoms with E-state index in [4.69, 9.17) is 66.3 Å². The molecule has 0 radical (unpaired) electrons. The van der Waals surface area contributed by atoms with Crippen LogP contribution >= 0.6 is 0 Å². The second-order valence-corrected chi connectivity index (χ2v) is 29.4. The van der Waals surface area contributed by atoms with Gasteiger partial charge >= 0.3 is 0 Å². The first-order valence-electron chi connectivity index (χ1n) is 34.4. The maximum atomic E-state index is 12.5. The van der Waals surface area contributed by atoms with Crippen LogP contribution in [-0.4, -0.2) is 358 Å². The molecule has 11 rings (SSSR count). The number of rotatable bonds is 23. The third-order valence-corrected chi connectivity index (χ3v) is 24.3. The van der Waals surface area contributed by atoms with E-state index in [1.54, 1.807) is 7.11 Å². The molecule has 7 aliphatic heterocycles. The number of fused-ring (bicyclic) bond motifs is 7. The summed E-state index contributed by atoms with van der Waals surface area (Å²) in [6.07, 6.45) is -46.0. The van der Waals surface area contributed by atoms with Crippen molar-refractivity contribution in [3.05, 3.63) is 0 Å². The molecule has 0 aromatic carbocycles. The Kier molecular flexibility index (Phi) is 24.8. The van der Waals surface area contributed by atoms with Gasteiger partial charge in [-0.2, -0.15) is 0 Å². The van der Waals surface area contributed by atoms with Crippen molar-refractivity contribution in [3.63, 3.8) is 0 Å². The number of aliphatic hydroxyl groups is 20. The maximum Gasteiger partial charge on any atom is 0.187 e. The Morgan fingerprint density at radius 3 is 1.40 bits per heavy atom. The summed E-state index contributed by atoms with van der Waals surface area (Å²) in [6.45, 7) is 2.19. The van der Waals surface area contributed by atoms with E-state index in [2.05, 4.69) is 20.8 Å². The lowest BCUT2D eigenvalue weighted by Gasteiger charge is -2.61. The summed E-state index contributed by atoms with van der Waals surface area (Å²) in [5, 5.41) is 215. The number of methoxy groups -OCH3 is 1. The van der Waals surface area contributed by atoms with Crippen LogP contribution in [-0.2, 0) is 66.3 Å². The second-order valence-electron chi connectivity index (χ2n) is 29.4. The first kappa shape index (κ1) is 76.8. The van der Waals surface area contributed by atoms with Crippen molar-refractivity contribution < 1.29 is 168 Å². The predicted octanol–water partition coefficient (Wildman–Crippen LogP) is -7.90. The number of unbranched alkanes of at least 4 members (excludes halogenated alkanes) is 1. The van der Waals surface area contributed by atoms with Crippen LogP contribution in [0, 0.1) is 46.3 Å². The van der Waals surface area contributed by atoms with Gasteiger partial charge in [0.1, 0.15) is 146 Å². The molecule has 34 heteroatoms. The minimum absolute atomic E-state index is 0.00781. The molecule has 0 aromatic rings. The van der Waals surface area contributed by atoms with Crippen molar-refractivity contribution in [1.82, 2.24) is 0 Å². The molecule has 562 valence electrons. The lowest BCUT2D eigenvalue weighted by atomic mass is 9.44. The van der Waals surface area contributed by atoms with E-state index in [1.165, 1.54) is 0 Å². The predicted molar refractivity (Wildman–Crippen MR) is 317 cm³/mol. The average Bonchev–Trinajstić information content (AvgIpc) is 1.56. The lowest BCUT2D eigenvalue weighted by Crippen LogP contribution is -2.69. The van der Waals surface area contributed by atoms with Gasteiger partial charge in [-0.3, -0.25) is 0 Å². The smallest absolute Gasteiger partial charge is 0.187 e. The van der Waals surface area contributed by atoms with Crippen molar-refractivity contribution in [2.75, 3.05) is 53.4 Å². The molecule has 20 N–H and O–H groups in total. The van der Waals surface area contributed by atoms with E-state index in [0.29, 0.717) is 49.9 Å². The highest BCUT2D eigenvalue weighted by Gasteiger charge is 2.69. The summed E-state index contributed by atoms with van der Waals surface area (Å²) in [7, 11) is 1.69. The standard InChI is InChI=1S/C63H106O34/c1-23-36-29(97-63(23,84-4)11-5-6-14-85-55-46(78)41(73)37(69)30(17-64)88-55)16-28-26-8-7-24-15-25(9-12-61(24,2)27(26)10-13-62(28,36)3)87-57-50(82)45(77)52(34(21-68)92-57)95-60-54(96-59-49(81)44(76)40(72)33(20-67)91-59)51(83)53(94-58-48(80)43(75)39(71)32(19-66)90-58)35(93-60)22-86-56-47(79)42(74)38(70)31(18-65)89-56/h23-60,64-83H,5-22H2,1-4H3/t23-,24?,25?,26?,27?,28?,29?,30+,31+,32+,33+,34+,35+,36?,37+,38+,39+,40+,41-,42-,43-,44-,45+,46+,47+,48+,49+,50+,51-,52-,53+,54+,55+,56+,57+,58-,59-,60-,61-,62-,63+/m0/s1. The zero-order valence-electron chi connectivity index (χ0n) is 54.8. The minimum Gasteiger partial charge on any atom is -0.394 e. The summed E-state index contributed by atoms with van der Waals surface area (Å²) in [6, 6.07) is 0. The van der Waals surface area contributed by atoms with Crippen LogP contribution in [0.3, 0.4) is 0 Å². The summed E-state index contributed by atoms with van der Waals surface area (Å²) in [5.41, 5.74) is -0.0696. The summed E-state index contributed by atoms with van der Waals surface area (Å²) in [5.74, 6) is 0.991. The highest BCUT2D eigenvalue weighted by atomic mass is 16.8. The van der Waals surface area contributed by atoms with Gasteiger partial charge in [0.15, 0.2) is 43.5 Å². The van der Waals surface area contributed by atoms with Gasteiger partial charge in [0.25, 0.3) is 0 Å². The first-order valence-corrected chi connectivity index (χ1v) is 34.4. The molecule has 34 nitrogen and oxygen atoms in total. The summed E-state index contributed by atoms with van der Waals surface area (Å²) >= 11 is 0. The number of ether oxygens (including phenoxy) is 14. The zero-order chi connectivity index (χ0) is 70.1. The van der Waals surface area contributed by atoms with Gasteiger partial charge in [-0.05, 0) is 105 Å². The van der Waals surface area contributed by atoms with Crippen molar-refractivity contribution in [2.45, 2.75) is 294 Å². The van der Waals surface area contributed by atoms with E-state index in [0.717, 1.165) is 38.5 Å². The van der Waals surface area contributed by atoms with Gasteiger partial charge in [-0.1, -0.05) is 20.8 Å². The molecular formula is C63H106O34. The van der Waals surface area contributed by atoms with Gasteiger partial charge < -0.3 is 168 Å². The molecular weight excluding hydrogens is 1300 g/mol. The van der Waals surface area contributed by atoms with Crippen LogP contribution in [0.25, 0.3) is 0 Å². The average molecular weight is 1410 g/mol. The van der Waals surface area contributed by atoms with Crippen molar-refractivity contribution in [1.29, 1.82) is 0 Å². The van der Waals surface area contributed by atoms with E-state index < -0.39 is 236 Å². The van der Waals surface area contributed by atoms with E-state index in [-0.39, 0.29) is 41.3 Å². The topological polar surface area (TPSA) is 534 Å². The highest BCUT2D eigenvalue weighted by Crippen LogP contribution is 2.71. The van der Waals surface area contributed by atoms with Crippen molar-refractivity contribution >= 4 is 0 Å². The summed E-state index contributed by atoms with van der Waals surface area (Å²) in [4.78, 5) is 0. The van der Waals surface area contributed by atoms with Gasteiger partial charge in [0.05, 0.1) is 51.8 Å². The van der Waals surface area contributed by atoms with Crippen LogP contribution in [0.15, 0.2) is 0 Å². The number of aliphatic hydroxyl groups excluding tert-OH is 20. The first-order chi connectivity index (χ1) is 46.1. The molecule has 0 spiro atoms. The molecule has 41 atom stereocenters. The van der Waals surface area contributed by atoms with Gasteiger partial charge in [-0.15, -0.1) is 0 Å². The second kappa shape index (κ2) is 31.4. The van der Waals surface area contributed by atoms with Crippen LogP contribution in [0.1, 0.15) is 91.4 Å². The SMILES string of the molecule is CO[C@]1(CCCCO[C@@H]2O[C@H](CO)[C@@H](O)[C@H](O)[C@H]2O)OC2CC3C4CCC5CC(O[C@@H]6O[C@H](CO)[C@H](O[C@@H]7O[C@H](CO[C@@H]8O[C@H](CO)[C@@H](O)[C@H](O)[C@H]8O)[C@@H](O[C@@H]8O[C@H](CO)[C@@H](O)[C@H](O)[C@H]8O)[C@H](O)[C@H]7O[C@@H]7O[C@H](CO)[C@@H](O)[C@H](O)[C@H]7O)[C@H](O)[C@H]6O)CC[C@]5(C)C4CC[C@]3(C)C2[C@@H]1C. The monoisotopic (exact) mass is 1410 g/mol. The highest BCUT2D eigenvalue weighted by molar-refractivity contribution is 5.15. The largest absolute Gasteiger partial charge is 0.394 e. The minimum atomic E-state index is -2.25. The molecule has 11 aliphatic rings. The van der Waals surface area contributed by atoms with Crippen LogP contribution in [0.2, 0.25) is 0 Å². The van der Waals surface area contributed by atoms with Gasteiger partial charge in [-0.25, -0.2) is 0 Å². The fraction of sp³-hybridized carbons (Fsp3) is 1.00. The maximum absolute atomic E-state index is 12.5. The molecule has 0 amide bonds. The van der Waals surface area contributed by atoms with E-state index >= 15 is 0 Å². The molecule has 11 fully saturated rings. The Labute approximate surface area is 560 Å². The molecule has 7 unspecified atom stereocenters. The van der Waals surface area contributed by atoms with Gasteiger partial charge in [0, 0.05) is 26.1 Å². The number of hydrogen-bond acceptors (Lipinski definition) is 34. The normalized spacial score (nSPS) is 54.8. The van der Waals surface area contributed by atoms with E-state index in [1.807, 2.05) is 0 Å². The molecule has 7 saturated heterocycles. The van der Waals surface area contributed by atoms with Crippen molar-refractivity contribution in [3.8, 4) is 0 Å². The van der Waals surface area contributed by atoms with Crippen LogP contribution < -0.4 is 0 Å². The Balaban J connectivity index is 0.750. The molecule has 0 bridgehead atoms. The molecule has 7 heterocycles. The van der Waals surface area contributed by atoms with Crippen LogP contribution in [0.5, 0.6) is 0 Å². The fourth-order valence-corrected chi connectivity index (χ4v) is 18.7.